The van der Waals surface area contributed by atoms with Gasteiger partial charge in [-0.1, -0.05) is 29.8 Å². The molecular formula is C17H21N5. The topological polar surface area (TPSA) is 69.1 Å². The van der Waals surface area contributed by atoms with Crippen LogP contribution in [-0.2, 0) is 12.8 Å². The molecule has 5 nitrogen and oxygen atoms in total. The molecule has 3 rings (SSSR count). The molecule has 0 radical (unpaired) electrons. The van der Waals surface area contributed by atoms with Gasteiger partial charge in [0.25, 0.3) is 0 Å². The fourth-order valence-electron chi connectivity index (χ4n) is 2.78. The van der Waals surface area contributed by atoms with Gasteiger partial charge in [0.2, 0.25) is 0 Å². The minimum Gasteiger partial charge on any atom is -0.330 e. The maximum atomic E-state index is 5.66. The van der Waals surface area contributed by atoms with Crippen molar-refractivity contribution in [3.8, 4) is 0 Å². The van der Waals surface area contributed by atoms with E-state index in [1.807, 2.05) is 18.2 Å². The number of benzene rings is 1. The van der Waals surface area contributed by atoms with Crippen LogP contribution in [0.15, 0.2) is 24.3 Å². The van der Waals surface area contributed by atoms with Gasteiger partial charge in [-0.15, -0.1) is 10.2 Å². The van der Waals surface area contributed by atoms with Crippen LogP contribution in [-0.4, -0.2) is 26.1 Å². The van der Waals surface area contributed by atoms with E-state index in [1.54, 1.807) is 0 Å². The van der Waals surface area contributed by atoms with Gasteiger partial charge in [0.05, 0.1) is 0 Å². The first-order valence-corrected chi connectivity index (χ1v) is 7.56. The molecule has 0 saturated heterocycles. The molecule has 5 heteroatoms. The van der Waals surface area contributed by atoms with Crippen LogP contribution in [0.25, 0.3) is 5.65 Å². The molecule has 0 spiro atoms. The highest BCUT2D eigenvalue weighted by molar-refractivity contribution is 5.52. The van der Waals surface area contributed by atoms with Crippen LogP contribution >= 0.6 is 0 Å². The summed E-state index contributed by atoms with van der Waals surface area (Å²) in [5, 5.41) is 8.69. The SMILES string of the molecule is Cc1ccc(Cc2c(C)nc(C)n3c(CCN)nnc23)cc1. The molecule has 22 heavy (non-hydrogen) atoms. The van der Waals surface area contributed by atoms with E-state index in [9.17, 15) is 0 Å². The lowest BCUT2D eigenvalue weighted by molar-refractivity contribution is 0.815. The Balaban J connectivity index is 2.10. The molecule has 0 bridgehead atoms. The monoisotopic (exact) mass is 295 g/mol. The molecule has 0 atom stereocenters. The van der Waals surface area contributed by atoms with E-state index in [1.165, 1.54) is 11.1 Å². The van der Waals surface area contributed by atoms with Crippen LogP contribution in [0.5, 0.6) is 0 Å². The van der Waals surface area contributed by atoms with Gasteiger partial charge in [-0.2, -0.15) is 0 Å². The molecule has 3 aromatic rings. The number of nitrogens with zero attached hydrogens (tertiary/aromatic N) is 4. The van der Waals surface area contributed by atoms with Crippen molar-refractivity contribution < 1.29 is 0 Å². The maximum Gasteiger partial charge on any atom is 0.167 e. The average molecular weight is 295 g/mol. The smallest absolute Gasteiger partial charge is 0.167 e. The summed E-state index contributed by atoms with van der Waals surface area (Å²) in [7, 11) is 0. The Morgan fingerprint density at radius 1 is 1.05 bits per heavy atom. The summed E-state index contributed by atoms with van der Waals surface area (Å²) in [6.07, 6.45) is 1.51. The first-order valence-electron chi connectivity index (χ1n) is 7.56. The number of fused-ring (bicyclic) bond motifs is 1. The molecule has 0 amide bonds. The first-order chi connectivity index (χ1) is 10.6. The molecule has 0 aliphatic carbocycles. The lowest BCUT2D eigenvalue weighted by Crippen LogP contribution is -2.10. The highest BCUT2D eigenvalue weighted by Crippen LogP contribution is 2.20. The summed E-state index contributed by atoms with van der Waals surface area (Å²) in [5.74, 6) is 1.79. The van der Waals surface area contributed by atoms with E-state index in [-0.39, 0.29) is 0 Å². The van der Waals surface area contributed by atoms with E-state index in [0.717, 1.165) is 35.0 Å². The van der Waals surface area contributed by atoms with Crippen molar-refractivity contribution in [1.82, 2.24) is 19.6 Å². The molecule has 0 unspecified atom stereocenters. The molecule has 1 aromatic carbocycles. The third kappa shape index (κ3) is 2.60. The third-order valence-corrected chi connectivity index (χ3v) is 3.96. The van der Waals surface area contributed by atoms with Crippen LogP contribution in [0.3, 0.4) is 0 Å². The summed E-state index contributed by atoms with van der Waals surface area (Å²) in [6, 6.07) is 8.57. The molecule has 2 heterocycles. The van der Waals surface area contributed by atoms with E-state index in [0.29, 0.717) is 13.0 Å². The standard InChI is InChI=1S/C17H21N5/c1-11-4-6-14(7-5-11)10-15-12(2)19-13(3)22-16(8-9-18)20-21-17(15)22/h4-7H,8-10,18H2,1-3H3. The largest absolute Gasteiger partial charge is 0.330 e. The molecule has 2 N–H and O–H groups in total. The molecule has 0 aliphatic rings. The average Bonchev–Trinajstić information content (AvgIpc) is 2.90. The highest BCUT2D eigenvalue weighted by atomic mass is 15.3. The zero-order chi connectivity index (χ0) is 15.7. The zero-order valence-electron chi connectivity index (χ0n) is 13.3. The van der Waals surface area contributed by atoms with Gasteiger partial charge in [0, 0.05) is 24.1 Å². The Bertz CT molecular complexity index is 802. The zero-order valence-corrected chi connectivity index (χ0v) is 13.3. The van der Waals surface area contributed by atoms with Gasteiger partial charge < -0.3 is 5.73 Å². The van der Waals surface area contributed by atoms with Crippen molar-refractivity contribution >= 4 is 5.65 Å². The van der Waals surface area contributed by atoms with Crippen molar-refractivity contribution in [2.45, 2.75) is 33.6 Å². The molecular weight excluding hydrogens is 274 g/mol. The van der Waals surface area contributed by atoms with E-state index < -0.39 is 0 Å². The van der Waals surface area contributed by atoms with Gasteiger partial charge in [0.1, 0.15) is 11.6 Å². The van der Waals surface area contributed by atoms with Crippen molar-refractivity contribution in [3.05, 3.63) is 58.3 Å². The highest BCUT2D eigenvalue weighted by Gasteiger charge is 2.15. The minimum absolute atomic E-state index is 0.557. The molecule has 114 valence electrons. The van der Waals surface area contributed by atoms with Gasteiger partial charge >= 0.3 is 0 Å². The number of rotatable bonds is 4. The summed E-state index contributed by atoms with van der Waals surface area (Å²) >= 11 is 0. The number of aromatic nitrogens is 4. The Hall–Kier alpha value is -2.27. The van der Waals surface area contributed by atoms with Gasteiger partial charge in [0.15, 0.2) is 5.65 Å². The summed E-state index contributed by atoms with van der Waals surface area (Å²) < 4.78 is 2.03. The second kappa shape index (κ2) is 5.85. The van der Waals surface area contributed by atoms with Crippen molar-refractivity contribution in [3.63, 3.8) is 0 Å². The lowest BCUT2D eigenvalue weighted by atomic mass is 10.0. The second-order valence-corrected chi connectivity index (χ2v) is 5.70. The lowest BCUT2D eigenvalue weighted by Gasteiger charge is -2.10. The number of aryl methyl sites for hydroxylation is 3. The van der Waals surface area contributed by atoms with E-state index in [2.05, 4.69) is 46.4 Å². The van der Waals surface area contributed by atoms with Gasteiger partial charge in [-0.3, -0.25) is 4.40 Å². The third-order valence-electron chi connectivity index (χ3n) is 3.96. The number of hydrogen-bond donors (Lipinski definition) is 1. The molecule has 2 aromatic heterocycles. The first kappa shape index (κ1) is 14.7. The summed E-state index contributed by atoms with van der Waals surface area (Å²) in [6.45, 7) is 6.67. The van der Waals surface area contributed by atoms with Crippen molar-refractivity contribution in [2.24, 2.45) is 5.73 Å². The quantitative estimate of drug-likeness (QED) is 0.800. The van der Waals surface area contributed by atoms with E-state index in [4.69, 9.17) is 5.73 Å². The van der Waals surface area contributed by atoms with Crippen LogP contribution in [0.1, 0.15) is 34.0 Å². The number of hydrogen-bond acceptors (Lipinski definition) is 4. The van der Waals surface area contributed by atoms with Gasteiger partial charge in [-0.25, -0.2) is 4.98 Å². The maximum absolute atomic E-state index is 5.66. The summed E-state index contributed by atoms with van der Waals surface area (Å²) in [5.41, 5.74) is 11.2. The van der Waals surface area contributed by atoms with Crippen LogP contribution in [0, 0.1) is 20.8 Å². The normalized spacial score (nSPS) is 11.3. The Labute approximate surface area is 130 Å². The molecule has 0 aliphatic heterocycles. The molecule has 0 fully saturated rings. The second-order valence-electron chi connectivity index (χ2n) is 5.70. The molecule has 0 saturated carbocycles. The van der Waals surface area contributed by atoms with Crippen LogP contribution < -0.4 is 5.73 Å². The Kier molecular flexibility index (Phi) is 3.90. The fourth-order valence-corrected chi connectivity index (χ4v) is 2.78. The minimum atomic E-state index is 0.557. The predicted molar refractivity (Wildman–Crippen MR) is 87.0 cm³/mol. The van der Waals surface area contributed by atoms with Crippen molar-refractivity contribution in [2.75, 3.05) is 6.54 Å². The van der Waals surface area contributed by atoms with E-state index >= 15 is 0 Å². The fraction of sp³-hybridized carbons (Fsp3) is 0.353. The van der Waals surface area contributed by atoms with Crippen LogP contribution in [0.2, 0.25) is 0 Å². The number of nitrogens with two attached hydrogens (primary N) is 1. The van der Waals surface area contributed by atoms with Crippen molar-refractivity contribution in [1.29, 1.82) is 0 Å². The Morgan fingerprint density at radius 2 is 1.77 bits per heavy atom. The summed E-state index contributed by atoms with van der Waals surface area (Å²) in [4.78, 5) is 4.67. The predicted octanol–water partition coefficient (Wildman–Crippen LogP) is 2.14. The van der Waals surface area contributed by atoms with Gasteiger partial charge in [-0.05, 0) is 32.9 Å². The Morgan fingerprint density at radius 3 is 2.45 bits per heavy atom. The van der Waals surface area contributed by atoms with Crippen LogP contribution in [0.4, 0.5) is 0 Å².